The van der Waals surface area contributed by atoms with Gasteiger partial charge in [-0.05, 0) is 46.5 Å². The number of benzene rings is 1. The molecule has 18 heavy (non-hydrogen) atoms. The minimum absolute atomic E-state index is 0.285. The Kier molecular flexibility index (Phi) is 4.26. The number of halogens is 1. The Labute approximate surface area is 116 Å². The predicted octanol–water partition coefficient (Wildman–Crippen LogP) is 3.18. The number of hydrogen-bond acceptors (Lipinski definition) is 3. The van der Waals surface area contributed by atoms with E-state index in [1.807, 2.05) is 18.2 Å². The molecule has 0 radical (unpaired) electrons. The van der Waals surface area contributed by atoms with Crippen molar-refractivity contribution in [3.8, 4) is 6.07 Å². The summed E-state index contributed by atoms with van der Waals surface area (Å²) >= 11 is 3.44. The van der Waals surface area contributed by atoms with Crippen molar-refractivity contribution in [2.45, 2.75) is 19.4 Å². The first-order chi connectivity index (χ1) is 8.65. The molecule has 1 heterocycles. The summed E-state index contributed by atoms with van der Waals surface area (Å²) in [6.45, 7) is 4.19. The summed E-state index contributed by atoms with van der Waals surface area (Å²) in [6.07, 6.45) is 1.42. The zero-order valence-corrected chi connectivity index (χ0v) is 12.3. The Hall–Kier alpha value is -1.05. The number of piperidine rings is 1. The minimum atomic E-state index is 0.285. The fraction of sp³-hybridized carbons (Fsp3) is 0.500. The van der Waals surface area contributed by atoms with Gasteiger partial charge < -0.3 is 9.64 Å². The van der Waals surface area contributed by atoms with E-state index in [0.717, 1.165) is 29.7 Å². The van der Waals surface area contributed by atoms with Crippen molar-refractivity contribution >= 4 is 21.6 Å². The van der Waals surface area contributed by atoms with E-state index in [0.29, 0.717) is 11.5 Å². The van der Waals surface area contributed by atoms with Crippen LogP contribution in [0.3, 0.4) is 0 Å². The molecular formula is C14H17BrN2O. The van der Waals surface area contributed by atoms with Crippen molar-refractivity contribution in [2.24, 2.45) is 5.92 Å². The van der Waals surface area contributed by atoms with E-state index < -0.39 is 0 Å². The molecule has 1 aromatic carbocycles. The first-order valence-corrected chi connectivity index (χ1v) is 6.92. The van der Waals surface area contributed by atoms with Gasteiger partial charge in [0.25, 0.3) is 0 Å². The normalized spacial score (nSPS) is 23.8. The molecule has 1 saturated heterocycles. The molecule has 0 amide bonds. The third kappa shape index (κ3) is 2.68. The molecule has 1 fully saturated rings. The molecule has 2 atom stereocenters. The van der Waals surface area contributed by atoms with Crippen LogP contribution < -0.4 is 4.90 Å². The number of methoxy groups -OCH3 is 1. The minimum Gasteiger partial charge on any atom is -0.379 e. The molecule has 4 heteroatoms. The molecule has 1 aliphatic rings. The molecule has 0 spiro atoms. The summed E-state index contributed by atoms with van der Waals surface area (Å²) in [5.74, 6) is 0.605. The van der Waals surface area contributed by atoms with Crippen molar-refractivity contribution in [1.82, 2.24) is 0 Å². The highest BCUT2D eigenvalue weighted by Crippen LogP contribution is 2.28. The van der Waals surface area contributed by atoms with E-state index in [1.54, 1.807) is 7.11 Å². The summed E-state index contributed by atoms with van der Waals surface area (Å²) in [5.41, 5.74) is 1.82. The van der Waals surface area contributed by atoms with Gasteiger partial charge in [0.05, 0.1) is 11.7 Å². The van der Waals surface area contributed by atoms with Gasteiger partial charge in [-0.25, -0.2) is 0 Å². The monoisotopic (exact) mass is 308 g/mol. The van der Waals surface area contributed by atoms with Gasteiger partial charge >= 0.3 is 0 Å². The highest BCUT2D eigenvalue weighted by atomic mass is 79.9. The maximum absolute atomic E-state index is 8.92. The lowest BCUT2D eigenvalue weighted by atomic mass is 9.95. The number of anilines is 1. The second kappa shape index (κ2) is 5.73. The zero-order valence-electron chi connectivity index (χ0n) is 10.7. The molecule has 0 bridgehead atoms. The van der Waals surface area contributed by atoms with Crippen LogP contribution in [-0.4, -0.2) is 26.3 Å². The quantitative estimate of drug-likeness (QED) is 0.842. The molecule has 0 saturated carbocycles. The van der Waals surface area contributed by atoms with Gasteiger partial charge in [-0.2, -0.15) is 5.26 Å². The van der Waals surface area contributed by atoms with E-state index in [2.05, 4.69) is 33.8 Å². The van der Waals surface area contributed by atoms with E-state index in [1.165, 1.54) is 0 Å². The molecule has 2 rings (SSSR count). The Morgan fingerprint density at radius 2 is 2.28 bits per heavy atom. The van der Waals surface area contributed by atoms with Crippen molar-refractivity contribution in [2.75, 3.05) is 25.1 Å². The van der Waals surface area contributed by atoms with Crippen LogP contribution in [0.15, 0.2) is 22.7 Å². The van der Waals surface area contributed by atoms with Crippen LogP contribution in [0.25, 0.3) is 0 Å². The van der Waals surface area contributed by atoms with E-state index in [4.69, 9.17) is 10.00 Å². The van der Waals surface area contributed by atoms with Crippen LogP contribution in [-0.2, 0) is 4.74 Å². The Balaban J connectivity index is 2.17. The lowest BCUT2D eigenvalue weighted by molar-refractivity contribution is 0.0498. The standard InChI is InChI=1S/C14H17BrN2O/c1-10-5-6-17(9-14(10)18-2)12-4-3-11(8-16)13(15)7-12/h3-4,7,10,14H,5-6,9H2,1-2H3. The van der Waals surface area contributed by atoms with Crippen molar-refractivity contribution in [3.63, 3.8) is 0 Å². The van der Waals surface area contributed by atoms with Crippen LogP contribution in [0.5, 0.6) is 0 Å². The van der Waals surface area contributed by atoms with Crippen molar-refractivity contribution in [1.29, 1.82) is 5.26 Å². The molecular weight excluding hydrogens is 292 g/mol. The summed E-state index contributed by atoms with van der Waals surface area (Å²) in [5, 5.41) is 8.92. The third-order valence-electron chi connectivity index (χ3n) is 3.63. The molecule has 0 aliphatic carbocycles. The highest BCUT2D eigenvalue weighted by Gasteiger charge is 2.26. The summed E-state index contributed by atoms with van der Waals surface area (Å²) < 4.78 is 6.38. The average Bonchev–Trinajstić information content (AvgIpc) is 2.39. The summed E-state index contributed by atoms with van der Waals surface area (Å²) in [7, 11) is 1.78. The van der Waals surface area contributed by atoms with Crippen LogP contribution in [0, 0.1) is 17.2 Å². The molecule has 1 aromatic rings. The van der Waals surface area contributed by atoms with Crippen molar-refractivity contribution < 1.29 is 4.74 Å². The Bertz CT molecular complexity index is 469. The summed E-state index contributed by atoms with van der Waals surface area (Å²) in [4.78, 5) is 2.32. The molecule has 3 nitrogen and oxygen atoms in total. The number of nitrogens with zero attached hydrogens (tertiary/aromatic N) is 2. The first kappa shape index (κ1) is 13.4. The molecule has 0 N–H and O–H groups in total. The van der Waals surface area contributed by atoms with Crippen LogP contribution in [0.1, 0.15) is 18.9 Å². The molecule has 96 valence electrons. The van der Waals surface area contributed by atoms with Gasteiger partial charge in [-0.15, -0.1) is 0 Å². The van der Waals surface area contributed by atoms with Gasteiger partial charge in [0.15, 0.2) is 0 Å². The SMILES string of the molecule is COC1CN(c2ccc(C#N)c(Br)c2)CCC1C. The summed E-state index contributed by atoms with van der Waals surface area (Å²) in [6, 6.07) is 8.04. The number of hydrogen-bond donors (Lipinski definition) is 0. The van der Waals surface area contributed by atoms with E-state index in [9.17, 15) is 0 Å². The van der Waals surface area contributed by atoms with Crippen LogP contribution in [0.4, 0.5) is 5.69 Å². The second-order valence-corrected chi connectivity index (χ2v) is 5.62. The smallest absolute Gasteiger partial charge is 0.100 e. The molecule has 2 unspecified atom stereocenters. The predicted molar refractivity (Wildman–Crippen MR) is 75.6 cm³/mol. The van der Waals surface area contributed by atoms with Gasteiger partial charge in [-0.1, -0.05) is 6.92 Å². The van der Waals surface area contributed by atoms with E-state index in [-0.39, 0.29) is 6.10 Å². The van der Waals surface area contributed by atoms with Crippen LogP contribution >= 0.6 is 15.9 Å². The topological polar surface area (TPSA) is 36.3 Å². The first-order valence-electron chi connectivity index (χ1n) is 6.13. The Morgan fingerprint density at radius 3 is 2.89 bits per heavy atom. The van der Waals surface area contributed by atoms with Gasteiger partial charge in [0, 0.05) is 30.4 Å². The van der Waals surface area contributed by atoms with E-state index >= 15 is 0 Å². The van der Waals surface area contributed by atoms with Gasteiger partial charge in [0.1, 0.15) is 6.07 Å². The second-order valence-electron chi connectivity index (χ2n) is 4.76. The number of nitriles is 1. The third-order valence-corrected chi connectivity index (χ3v) is 4.29. The maximum atomic E-state index is 8.92. The highest BCUT2D eigenvalue weighted by molar-refractivity contribution is 9.10. The number of rotatable bonds is 2. The largest absolute Gasteiger partial charge is 0.379 e. The molecule has 1 aliphatic heterocycles. The van der Waals surface area contributed by atoms with Crippen LogP contribution in [0.2, 0.25) is 0 Å². The maximum Gasteiger partial charge on any atom is 0.100 e. The van der Waals surface area contributed by atoms with Gasteiger partial charge in [0.2, 0.25) is 0 Å². The number of ether oxygens (including phenoxy) is 1. The lowest BCUT2D eigenvalue weighted by Crippen LogP contribution is -2.43. The fourth-order valence-electron chi connectivity index (χ4n) is 2.37. The van der Waals surface area contributed by atoms with Gasteiger partial charge in [-0.3, -0.25) is 0 Å². The fourth-order valence-corrected chi connectivity index (χ4v) is 2.82. The zero-order chi connectivity index (χ0) is 13.1. The lowest BCUT2D eigenvalue weighted by Gasteiger charge is -2.37. The average molecular weight is 309 g/mol. The Morgan fingerprint density at radius 1 is 1.50 bits per heavy atom. The molecule has 0 aromatic heterocycles. The van der Waals surface area contributed by atoms with Crippen molar-refractivity contribution in [3.05, 3.63) is 28.2 Å².